The van der Waals surface area contributed by atoms with Crippen molar-refractivity contribution in [3.63, 3.8) is 0 Å². The summed E-state index contributed by atoms with van der Waals surface area (Å²) in [4.78, 5) is 21.5. The van der Waals surface area contributed by atoms with Gasteiger partial charge in [-0.05, 0) is 46.3 Å². The van der Waals surface area contributed by atoms with Gasteiger partial charge in [-0.2, -0.15) is 0 Å². The van der Waals surface area contributed by atoms with Gasteiger partial charge in [-0.3, -0.25) is 15.1 Å². The van der Waals surface area contributed by atoms with Gasteiger partial charge in [0.15, 0.2) is 0 Å². The van der Waals surface area contributed by atoms with Crippen molar-refractivity contribution in [2.45, 2.75) is 13.0 Å². The molecule has 1 atom stereocenters. The van der Waals surface area contributed by atoms with Crippen LogP contribution in [0.4, 0.5) is 5.13 Å². The molecular formula is C20H20BrN5O5S. The largest absolute Gasteiger partial charge is 0.494 e. The molecule has 1 N–H and O–H groups in total. The lowest BCUT2D eigenvalue weighted by atomic mass is 10.0. The first-order valence-corrected chi connectivity index (χ1v) is 11.3. The van der Waals surface area contributed by atoms with Crippen molar-refractivity contribution in [1.82, 2.24) is 20.2 Å². The van der Waals surface area contributed by atoms with Crippen molar-refractivity contribution in [3.8, 4) is 22.1 Å². The zero-order chi connectivity index (χ0) is 22.5. The quantitative estimate of drug-likeness (QED) is 0.467. The molecule has 0 aromatic carbocycles. The highest BCUT2D eigenvalue weighted by Gasteiger charge is 2.20. The van der Waals surface area contributed by atoms with E-state index in [0.717, 1.165) is 17.0 Å². The van der Waals surface area contributed by atoms with Crippen LogP contribution in [0, 0.1) is 6.92 Å². The average Bonchev–Trinajstić information content (AvgIpc) is 3.25. The number of carbonyl (C=O) groups is 1. The van der Waals surface area contributed by atoms with Crippen LogP contribution < -0.4 is 14.8 Å². The van der Waals surface area contributed by atoms with Gasteiger partial charge in [0.2, 0.25) is 5.13 Å². The molecule has 0 spiro atoms. The molecule has 32 heavy (non-hydrogen) atoms. The lowest BCUT2D eigenvalue weighted by Crippen LogP contribution is -2.33. The second-order valence-corrected chi connectivity index (χ2v) is 8.54. The van der Waals surface area contributed by atoms with Crippen molar-refractivity contribution in [2.24, 2.45) is 0 Å². The smallest absolute Gasteiger partial charge is 0.295 e. The van der Waals surface area contributed by atoms with Gasteiger partial charge in [0.05, 0.1) is 38.7 Å². The van der Waals surface area contributed by atoms with E-state index in [0.29, 0.717) is 63.8 Å². The number of aromatic nitrogens is 4. The molecular weight excluding hydrogens is 502 g/mol. The Morgan fingerprint density at radius 1 is 1.25 bits per heavy atom. The first kappa shape index (κ1) is 22.5. The van der Waals surface area contributed by atoms with E-state index in [1.165, 1.54) is 6.20 Å². The number of carbonyl (C=O) groups excluding carboxylic acids is 1. The van der Waals surface area contributed by atoms with Crippen LogP contribution in [0.15, 0.2) is 29.1 Å². The van der Waals surface area contributed by atoms with E-state index in [1.807, 2.05) is 13.0 Å². The number of rotatable bonds is 7. The van der Waals surface area contributed by atoms with Crippen molar-refractivity contribution in [3.05, 3.63) is 40.4 Å². The summed E-state index contributed by atoms with van der Waals surface area (Å²) in [5.41, 5.74) is 2.48. The third kappa shape index (κ3) is 5.38. The maximum absolute atomic E-state index is 13.1. The Balaban J connectivity index is 1.51. The monoisotopic (exact) mass is 521 g/mol. The number of aryl methyl sites for hydroxylation is 1. The average molecular weight is 522 g/mol. The predicted octanol–water partition coefficient (Wildman–Crippen LogP) is 3.12. The Hall–Kier alpha value is -2.67. The molecule has 3 aromatic rings. The molecule has 1 fully saturated rings. The van der Waals surface area contributed by atoms with Gasteiger partial charge in [-0.25, -0.2) is 4.98 Å². The third-order valence-corrected chi connectivity index (χ3v) is 5.72. The number of pyridine rings is 2. The highest BCUT2D eigenvalue weighted by atomic mass is 79.9. The van der Waals surface area contributed by atoms with Crippen molar-refractivity contribution in [2.75, 3.05) is 38.9 Å². The molecule has 1 amide bonds. The lowest BCUT2D eigenvalue weighted by Gasteiger charge is -2.22. The summed E-state index contributed by atoms with van der Waals surface area (Å²) in [5, 5.41) is 11.4. The highest BCUT2D eigenvalue weighted by Crippen LogP contribution is 2.34. The molecule has 1 aliphatic heterocycles. The maximum atomic E-state index is 13.1. The maximum Gasteiger partial charge on any atom is 0.295 e. The summed E-state index contributed by atoms with van der Waals surface area (Å²) in [7, 11) is 1.55. The highest BCUT2D eigenvalue weighted by molar-refractivity contribution is 9.10. The van der Waals surface area contributed by atoms with Crippen molar-refractivity contribution >= 4 is 38.3 Å². The molecule has 4 heterocycles. The first-order chi connectivity index (χ1) is 15.5. The summed E-state index contributed by atoms with van der Waals surface area (Å²) >= 11 is 4.50. The fourth-order valence-electron chi connectivity index (χ4n) is 3.03. The zero-order valence-corrected chi connectivity index (χ0v) is 19.7. The molecule has 168 valence electrons. The Kier molecular flexibility index (Phi) is 7.25. The van der Waals surface area contributed by atoms with Crippen LogP contribution in [-0.4, -0.2) is 65.7 Å². The van der Waals surface area contributed by atoms with Crippen LogP contribution in [0.1, 0.15) is 16.1 Å². The molecule has 0 unspecified atom stereocenters. The van der Waals surface area contributed by atoms with Gasteiger partial charge in [0.25, 0.3) is 11.1 Å². The van der Waals surface area contributed by atoms with Gasteiger partial charge in [0.1, 0.15) is 23.1 Å². The molecule has 4 rings (SSSR count). The molecule has 0 bridgehead atoms. The Bertz CT molecular complexity index is 1110. The zero-order valence-electron chi connectivity index (χ0n) is 17.3. The van der Waals surface area contributed by atoms with Crippen LogP contribution in [0.3, 0.4) is 0 Å². The van der Waals surface area contributed by atoms with E-state index in [9.17, 15) is 4.79 Å². The summed E-state index contributed by atoms with van der Waals surface area (Å²) in [6.07, 6.45) is 2.96. The minimum atomic E-state index is -0.380. The molecule has 12 heteroatoms. The van der Waals surface area contributed by atoms with Crippen molar-refractivity contribution < 1.29 is 23.7 Å². The number of nitrogens with one attached hydrogen (secondary N) is 1. The lowest BCUT2D eigenvalue weighted by molar-refractivity contribution is -0.101. The number of amides is 1. The molecule has 3 aromatic heterocycles. The SMILES string of the molecule is COc1cnc(Br)cc1-c1cc(C)ncc1C(=O)Nc1nnc(OC[C@@H]2COCCO2)s1. The Morgan fingerprint density at radius 3 is 2.91 bits per heavy atom. The second kappa shape index (κ2) is 10.3. The standard InChI is InChI=1S/C20H20BrN5O5S/c1-11-5-13(14-6-17(21)23-8-16(14)28-2)15(7-22-11)18(27)24-19-25-26-20(32-19)31-10-12-9-29-3-4-30-12/h5-8,12H,3-4,9-10H2,1-2H3,(H,24,25,27)/t12-/m0/s1. The van der Waals surface area contributed by atoms with Gasteiger partial charge in [-0.15, -0.1) is 5.10 Å². The summed E-state index contributed by atoms with van der Waals surface area (Å²) in [5.74, 6) is 0.155. The minimum absolute atomic E-state index is 0.151. The summed E-state index contributed by atoms with van der Waals surface area (Å²) in [6, 6.07) is 3.61. The normalized spacial score (nSPS) is 15.9. The van der Waals surface area contributed by atoms with Crippen LogP contribution in [0.25, 0.3) is 11.1 Å². The first-order valence-electron chi connectivity index (χ1n) is 9.67. The van der Waals surface area contributed by atoms with Crippen molar-refractivity contribution in [1.29, 1.82) is 0 Å². The fourth-order valence-corrected chi connectivity index (χ4v) is 3.96. The van der Waals surface area contributed by atoms with E-state index < -0.39 is 0 Å². The van der Waals surface area contributed by atoms with Crippen LogP contribution in [-0.2, 0) is 9.47 Å². The molecule has 0 aliphatic carbocycles. The summed E-state index contributed by atoms with van der Waals surface area (Å²) in [6.45, 7) is 3.75. The van der Waals surface area contributed by atoms with Gasteiger partial charge in [0, 0.05) is 23.0 Å². The number of nitrogens with zero attached hydrogens (tertiary/aromatic N) is 4. The van der Waals surface area contributed by atoms with Crippen LogP contribution >= 0.6 is 27.3 Å². The van der Waals surface area contributed by atoms with Gasteiger partial charge in [-0.1, -0.05) is 5.10 Å². The van der Waals surface area contributed by atoms with Gasteiger partial charge < -0.3 is 18.9 Å². The molecule has 0 saturated carbocycles. The fraction of sp³-hybridized carbons (Fsp3) is 0.350. The number of hydrogen-bond acceptors (Lipinski definition) is 10. The van der Waals surface area contributed by atoms with Crippen LogP contribution in [0.5, 0.6) is 10.9 Å². The summed E-state index contributed by atoms with van der Waals surface area (Å²) < 4.78 is 22.5. The van der Waals surface area contributed by atoms with Crippen LogP contribution in [0.2, 0.25) is 0 Å². The number of halogens is 1. The number of hydrogen-bond donors (Lipinski definition) is 1. The molecule has 10 nitrogen and oxygen atoms in total. The van der Waals surface area contributed by atoms with E-state index in [4.69, 9.17) is 18.9 Å². The third-order valence-electron chi connectivity index (χ3n) is 4.53. The number of anilines is 1. The predicted molar refractivity (Wildman–Crippen MR) is 120 cm³/mol. The molecule has 1 saturated heterocycles. The Morgan fingerprint density at radius 2 is 2.12 bits per heavy atom. The second-order valence-electron chi connectivity index (χ2n) is 6.78. The van der Waals surface area contributed by atoms with E-state index in [1.54, 1.807) is 19.4 Å². The molecule has 1 aliphatic rings. The minimum Gasteiger partial charge on any atom is -0.494 e. The topological polar surface area (TPSA) is 118 Å². The van der Waals surface area contributed by atoms with E-state index in [-0.39, 0.29) is 12.0 Å². The number of methoxy groups -OCH3 is 1. The van der Waals surface area contributed by atoms with Gasteiger partial charge >= 0.3 is 0 Å². The molecule has 0 radical (unpaired) electrons. The Labute approximate surface area is 196 Å². The van der Waals surface area contributed by atoms with E-state index >= 15 is 0 Å². The number of ether oxygens (including phenoxy) is 4. The van der Waals surface area contributed by atoms with E-state index in [2.05, 4.69) is 41.4 Å².